The number of benzene rings is 1. The molecule has 1 aromatic rings. The van der Waals surface area contributed by atoms with Crippen LogP contribution in [0.1, 0.15) is 6.92 Å². The topological polar surface area (TPSA) is 37.4 Å². The summed E-state index contributed by atoms with van der Waals surface area (Å²) < 4.78 is 0. The molecule has 0 bridgehead atoms. The maximum Gasteiger partial charge on any atom is 0.194 e. The van der Waals surface area contributed by atoms with E-state index in [2.05, 4.69) is 58.1 Å². The number of hydrogen-bond donors (Lipinski definition) is 1. The molecule has 2 saturated heterocycles. The fourth-order valence-electron chi connectivity index (χ4n) is 3.78. The normalized spacial score (nSPS) is 23.0. The number of piperazine rings is 2. The van der Waals surface area contributed by atoms with Crippen molar-refractivity contribution in [3.8, 4) is 0 Å². The molecule has 1 aromatic carbocycles. The van der Waals surface area contributed by atoms with Crippen molar-refractivity contribution in [3.63, 3.8) is 0 Å². The lowest BCUT2D eigenvalue weighted by molar-refractivity contribution is 0.119. The van der Waals surface area contributed by atoms with Crippen LogP contribution in [0.5, 0.6) is 0 Å². The van der Waals surface area contributed by atoms with Crippen LogP contribution in [0, 0.1) is 0 Å². The van der Waals surface area contributed by atoms with Gasteiger partial charge in [0.2, 0.25) is 0 Å². The van der Waals surface area contributed by atoms with Crippen LogP contribution < -0.4 is 10.2 Å². The van der Waals surface area contributed by atoms with E-state index in [1.165, 1.54) is 0 Å². The predicted molar refractivity (Wildman–Crippen MR) is 115 cm³/mol. The summed E-state index contributed by atoms with van der Waals surface area (Å²) in [5.74, 6) is 1.04. The van der Waals surface area contributed by atoms with Gasteiger partial charge >= 0.3 is 0 Å². The Balaban J connectivity index is 1.60. The highest BCUT2D eigenvalue weighted by Crippen LogP contribution is 2.26. The molecule has 0 saturated carbocycles. The maximum absolute atomic E-state index is 6.37. The van der Waals surface area contributed by atoms with Crippen LogP contribution in [-0.4, -0.2) is 99.7 Å². The second-order valence-corrected chi connectivity index (χ2v) is 7.92. The quantitative estimate of drug-likeness (QED) is 0.623. The van der Waals surface area contributed by atoms with Crippen molar-refractivity contribution in [3.05, 3.63) is 29.3 Å². The first kappa shape index (κ1) is 20.2. The third-order valence-electron chi connectivity index (χ3n) is 5.54. The van der Waals surface area contributed by atoms with Crippen molar-refractivity contribution in [1.82, 2.24) is 20.0 Å². The summed E-state index contributed by atoms with van der Waals surface area (Å²) in [6, 6.07) is 8.59. The van der Waals surface area contributed by atoms with Gasteiger partial charge in [-0.25, -0.2) is 0 Å². The van der Waals surface area contributed by atoms with E-state index in [1.807, 2.05) is 12.1 Å². The number of likely N-dealkylation sites (N-methyl/N-ethyl adjacent to an activating group) is 2. The number of aliphatic imine (C=N–C) groups is 1. The number of nitrogens with one attached hydrogen (secondary N) is 1. The molecule has 7 heteroatoms. The van der Waals surface area contributed by atoms with Gasteiger partial charge in [0.05, 0.1) is 17.3 Å². The van der Waals surface area contributed by atoms with E-state index in [4.69, 9.17) is 16.6 Å². The molecule has 2 aliphatic rings. The Morgan fingerprint density at radius 1 is 1.11 bits per heavy atom. The van der Waals surface area contributed by atoms with Crippen molar-refractivity contribution in [2.45, 2.75) is 13.0 Å². The Morgan fingerprint density at radius 2 is 1.85 bits per heavy atom. The summed E-state index contributed by atoms with van der Waals surface area (Å²) in [5.41, 5.74) is 1.13. The molecular weight excluding hydrogens is 360 g/mol. The lowest BCUT2D eigenvalue weighted by Gasteiger charge is -2.39. The molecule has 6 nitrogen and oxygen atoms in total. The molecule has 0 amide bonds. The second kappa shape index (κ2) is 9.62. The first-order valence-corrected chi connectivity index (χ1v) is 10.4. The summed E-state index contributed by atoms with van der Waals surface area (Å²) in [5, 5.41) is 4.31. The Hall–Kier alpha value is -1.50. The van der Waals surface area contributed by atoms with Crippen LogP contribution in [0.15, 0.2) is 29.3 Å². The number of guanidine groups is 1. The standard InChI is InChI=1S/C20H33ClN6/c1-4-22-20(23-15-17-16-24(2)9-10-25(17)3)27-13-11-26(12-14-27)19-8-6-5-7-18(19)21/h5-8,17H,4,9-16H2,1-3H3,(H,22,23). The highest BCUT2D eigenvalue weighted by molar-refractivity contribution is 6.33. The number of para-hydroxylation sites is 1. The minimum Gasteiger partial charge on any atom is -0.367 e. The molecule has 0 aromatic heterocycles. The van der Waals surface area contributed by atoms with Crippen molar-refractivity contribution in [2.75, 3.05) is 77.9 Å². The van der Waals surface area contributed by atoms with Gasteiger partial charge in [-0.3, -0.25) is 9.89 Å². The van der Waals surface area contributed by atoms with Crippen LogP contribution in [-0.2, 0) is 0 Å². The third kappa shape index (κ3) is 5.27. The van der Waals surface area contributed by atoms with E-state index in [1.54, 1.807) is 0 Å². The highest BCUT2D eigenvalue weighted by atomic mass is 35.5. The highest BCUT2D eigenvalue weighted by Gasteiger charge is 2.24. The van der Waals surface area contributed by atoms with Crippen molar-refractivity contribution in [2.24, 2.45) is 4.99 Å². The molecule has 2 heterocycles. The molecule has 0 radical (unpaired) electrons. The first-order chi connectivity index (χ1) is 13.1. The van der Waals surface area contributed by atoms with Gasteiger partial charge < -0.3 is 20.0 Å². The molecule has 1 unspecified atom stereocenters. The average Bonchev–Trinajstić information content (AvgIpc) is 2.68. The van der Waals surface area contributed by atoms with Gasteiger partial charge in [0.1, 0.15) is 0 Å². The fraction of sp³-hybridized carbons (Fsp3) is 0.650. The van der Waals surface area contributed by atoms with Gasteiger partial charge in [-0.1, -0.05) is 23.7 Å². The van der Waals surface area contributed by atoms with Crippen LogP contribution >= 0.6 is 11.6 Å². The Labute approximate surface area is 168 Å². The van der Waals surface area contributed by atoms with E-state index in [0.717, 1.165) is 75.6 Å². The number of rotatable bonds is 4. The fourth-order valence-corrected chi connectivity index (χ4v) is 4.04. The first-order valence-electron chi connectivity index (χ1n) is 10.00. The lowest BCUT2D eigenvalue weighted by Crippen LogP contribution is -2.54. The third-order valence-corrected chi connectivity index (χ3v) is 5.86. The Bertz CT molecular complexity index is 629. The number of halogens is 1. The molecule has 27 heavy (non-hydrogen) atoms. The average molecular weight is 393 g/mol. The zero-order valence-corrected chi connectivity index (χ0v) is 17.6. The molecule has 3 rings (SSSR count). The Morgan fingerprint density at radius 3 is 2.56 bits per heavy atom. The van der Waals surface area contributed by atoms with Crippen molar-refractivity contribution in [1.29, 1.82) is 0 Å². The van der Waals surface area contributed by atoms with E-state index >= 15 is 0 Å². The molecule has 150 valence electrons. The van der Waals surface area contributed by atoms with Gasteiger partial charge in [-0.15, -0.1) is 0 Å². The van der Waals surface area contributed by atoms with Gasteiger partial charge in [0.25, 0.3) is 0 Å². The van der Waals surface area contributed by atoms with Gasteiger partial charge in [0, 0.05) is 58.4 Å². The molecule has 2 aliphatic heterocycles. The SMILES string of the molecule is CCNC(=NCC1CN(C)CCN1C)N1CCN(c2ccccc2Cl)CC1. The predicted octanol–water partition coefficient (Wildman–Crippen LogP) is 1.67. The smallest absolute Gasteiger partial charge is 0.194 e. The van der Waals surface area contributed by atoms with Crippen LogP contribution in [0.25, 0.3) is 0 Å². The molecular formula is C20H33ClN6. The zero-order chi connectivity index (χ0) is 19.2. The van der Waals surface area contributed by atoms with Crippen LogP contribution in [0.2, 0.25) is 5.02 Å². The summed E-state index contributed by atoms with van der Waals surface area (Å²) >= 11 is 6.37. The van der Waals surface area contributed by atoms with E-state index < -0.39 is 0 Å². The van der Waals surface area contributed by atoms with Crippen LogP contribution in [0.3, 0.4) is 0 Å². The van der Waals surface area contributed by atoms with Crippen molar-refractivity contribution >= 4 is 23.2 Å². The minimum absolute atomic E-state index is 0.488. The maximum atomic E-state index is 6.37. The Kier molecular flexibility index (Phi) is 7.21. The van der Waals surface area contributed by atoms with Gasteiger partial charge in [0.15, 0.2) is 5.96 Å². The van der Waals surface area contributed by atoms with Gasteiger partial charge in [-0.2, -0.15) is 0 Å². The number of hydrogen-bond acceptors (Lipinski definition) is 4. The van der Waals surface area contributed by atoms with E-state index in [-0.39, 0.29) is 0 Å². The van der Waals surface area contributed by atoms with Crippen molar-refractivity contribution < 1.29 is 0 Å². The monoisotopic (exact) mass is 392 g/mol. The summed E-state index contributed by atoms with van der Waals surface area (Å²) in [6.45, 7) is 11.0. The second-order valence-electron chi connectivity index (χ2n) is 7.52. The van der Waals surface area contributed by atoms with E-state index in [9.17, 15) is 0 Å². The molecule has 1 atom stereocenters. The summed E-state index contributed by atoms with van der Waals surface area (Å²) in [6.07, 6.45) is 0. The number of anilines is 1. The molecule has 0 aliphatic carbocycles. The molecule has 0 spiro atoms. The minimum atomic E-state index is 0.488. The largest absolute Gasteiger partial charge is 0.367 e. The lowest BCUT2D eigenvalue weighted by atomic mass is 10.2. The number of nitrogens with zero attached hydrogens (tertiary/aromatic N) is 5. The zero-order valence-electron chi connectivity index (χ0n) is 16.9. The summed E-state index contributed by atoms with van der Waals surface area (Å²) in [4.78, 5) is 14.6. The molecule has 1 N–H and O–H groups in total. The van der Waals surface area contributed by atoms with E-state index in [0.29, 0.717) is 6.04 Å². The molecule has 2 fully saturated rings. The summed E-state index contributed by atoms with van der Waals surface area (Å²) in [7, 11) is 4.41. The van der Waals surface area contributed by atoms with Gasteiger partial charge in [-0.05, 0) is 33.2 Å². The van der Waals surface area contributed by atoms with Crippen LogP contribution in [0.4, 0.5) is 5.69 Å².